The summed E-state index contributed by atoms with van der Waals surface area (Å²) in [6, 6.07) is 11.5. The molecule has 0 aliphatic heterocycles. The molecule has 0 amide bonds. The second-order valence-electron chi connectivity index (χ2n) is 6.29. The number of nitrogens with zero attached hydrogens (tertiary/aromatic N) is 4. The van der Waals surface area contributed by atoms with E-state index in [9.17, 15) is 4.79 Å². The molecule has 3 aromatic heterocycles. The molecule has 29 heavy (non-hydrogen) atoms. The molecule has 0 saturated carbocycles. The predicted molar refractivity (Wildman–Crippen MR) is 109 cm³/mol. The fourth-order valence-electron chi connectivity index (χ4n) is 2.73. The van der Waals surface area contributed by atoms with E-state index >= 15 is 0 Å². The molecule has 0 atom stereocenters. The van der Waals surface area contributed by atoms with E-state index in [4.69, 9.17) is 20.9 Å². The van der Waals surface area contributed by atoms with Gasteiger partial charge in [-0.15, -0.1) is 0 Å². The van der Waals surface area contributed by atoms with Crippen molar-refractivity contribution in [2.75, 3.05) is 0 Å². The number of benzene rings is 1. The van der Waals surface area contributed by atoms with Crippen LogP contribution in [0.3, 0.4) is 0 Å². The van der Waals surface area contributed by atoms with Gasteiger partial charge in [0.1, 0.15) is 11.8 Å². The van der Waals surface area contributed by atoms with E-state index in [1.165, 1.54) is 0 Å². The van der Waals surface area contributed by atoms with Crippen LogP contribution in [-0.2, 0) is 22.6 Å². The Morgan fingerprint density at radius 2 is 2.10 bits per heavy atom. The number of halogens is 1. The minimum absolute atomic E-state index is 0.0559. The van der Waals surface area contributed by atoms with Crippen LogP contribution in [0.25, 0.3) is 17.1 Å². The monoisotopic (exact) mass is 428 g/mol. The molecule has 3 heterocycles. The molecule has 0 radical (unpaired) electrons. The number of aryl methyl sites for hydroxylation is 2. The first-order valence-corrected chi connectivity index (χ1v) is 10.2. The van der Waals surface area contributed by atoms with E-state index in [1.54, 1.807) is 16.0 Å². The molecule has 0 saturated heterocycles. The molecule has 0 aliphatic carbocycles. The smallest absolute Gasteiger partial charge is 0.306 e. The van der Waals surface area contributed by atoms with Gasteiger partial charge < -0.3 is 9.26 Å². The van der Waals surface area contributed by atoms with Crippen LogP contribution in [0.4, 0.5) is 0 Å². The molecular weight excluding hydrogens is 412 g/mol. The molecule has 0 spiro atoms. The highest BCUT2D eigenvalue weighted by molar-refractivity contribution is 7.08. The third-order valence-corrected chi connectivity index (χ3v) is 5.36. The minimum Gasteiger partial charge on any atom is -0.461 e. The highest BCUT2D eigenvalue weighted by Gasteiger charge is 2.17. The first kappa shape index (κ1) is 19.4. The van der Waals surface area contributed by atoms with Crippen LogP contribution < -0.4 is 0 Å². The maximum Gasteiger partial charge on any atom is 0.306 e. The fourth-order valence-corrected chi connectivity index (χ4v) is 3.70. The number of hydrogen-bond donors (Lipinski definition) is 0. The van der Waals surface area contributed by atoms with Gasteiger partial charge >= 0.3 is 5.97 Å². The number of ether oxygens (including phenoxy) is 1. The number of thiophene rings is 1. The Hall–Kier alpha value is -2.97. The van der Waals surface area contributed by atoms with Gasteiger partial charge in [-0.2, -0.15) is 21.4 Å². The third-order valence-electron chi connectivity index (χ3n) is 4.29. The largest absolute Gasteiger partial charge is 0.461 e. The summed E-state index contributed by atoms with van der Waals surface area (Å²) in [5.41, 5.74) is 3.13. The zero-order chi connectivity index (χ0) is 20.2. The Morgan fingerprint density at radius 3 is 2.86 bits per heavy atom. The van der Waals surface area contributed by atoms with E-state index in [0.29, 0.717) is 34.5 Å². The summed E-state index contributed by atoms with van der Waals surface area (Å²) >= 11 is 8.00. The number of aromatic nitrogens is 4. The minimum atomic E-state index is -0.372. The van der Waals surface area contributed by atoms with Gasteiger partial charge in [-0.3, -0.25) is 4.79 Å². The third kappa shape index (κ3) is 4.38. The van der Waals surface area contributed by atoms with Crippen molar-refractivity contribution in [3.8, 4) is 17.1 Å². The van der Waals surface area contributed by atoms with Crippen molar-refractivity contribution in [3.63, 3.8) is 0 Å². The average molecular weight is 429 g/mol. The van der Waals surface area contributed by atoms with Crippen LogP contribution in [0.5, 0.6) is 0 Å². The molecular formula is C20H17ClN4O3S. The summed E-state index contributed by atoms with van der Waals surface area (Å²) in [7, 11) is 0. The van der Waals surface area contributed by atoms with E-state index in [1.807, 2.05) is 54.1 Å². The van der Waals surface area contributed by atoms with Crippen molar-refractivity contribution in [1.82, 2.24) is 19.9 Å². The highest BCUT2D eigenvalue weighted by atomic mass is 35.5. The summed E-state index contributed by atoms with van der Waals surface area (Å²) in [4.78, 5) is 16.4. The van der Waals surface area contributed by atoms with Crippen molar-refractivity contribution in [2.24, 2.45) is 0 Å². The molecule has 0 aliphatic rings. The van der Waals surface area contributed by atoms with Gasteiger partial charge in [-0.05, 0) is 30.5 Å². The number of esters is 1. The molecule has 9 heteroatoms. The molecule has 0 fully saturated rings. The second-order valence-corrected chi connectivity index (χ2v) is 7.42. The van der Waals surface area contributed by atoms with Crippen LogP contribution in [-0.4, -0.2) is 25.9 Å². The molecule has 0 bridgehead atoms. The summed E-state index contributed by atoms with van der Waals surface area (Å²) in [5, 5.41) is 12.7. The van der Waals surface area contributed by atoms with E-state index in [0.717, 1.165) is 11.3 Å². The van der Waals surface area contributed by atoms with Gasteiger partial charge in [0, 0.05) is 22.9 Å². The lowest BCUT2D eigenvalue weighted by atomic mass is 10.2. The summed E-state index contributed by atoms with van der Waals surface area (Å²) in [5.74, 6) is 0.544. The molecule has 0 N–H and O–H groups in total. The normalized spacial score (nSPS) is 11.0. The van der Waals surface area contributed by atoms with Gasteiger partial charge in [0.15, 0.2) is 0 Å². The van der Waals surface area contributed by atoms with Crippen molar-refractivity contribution in [1.29, 1.82) is 0 Å². The average Bonchev–Trinajstić information content (AvgIpc) is 3.47. The molecule has 0 unspecified atom stereocenters. The Bertz CT molecular complexity index is 1110. The quantitative estimate of drug-likeness (QED) is 0.399. The fraction of sp³-hybridized carbons (Fsp3) is 0.200. The Labute approximate surface area is 175 Å². The van der Waals surface area contributed by atoms with Crippen molar-refractivity contribution in [2.45, 2.75) is 26.4 Å². The number of carbonyl (C=O) groups is 1. The second kappa shape index (κ2) is 8.59. The predicted octanol–water partition coefficient (Wildman–Crippen LogP) is 4.62. The maximum absolute atomic E-state index is 12.1. The molecule has 1 aromatic carbocycles. The lowest BCUT2D eigenvalue weighted by Gasteiger charge is -2.05. The molecule has 7 nitrogen and oxygen atoms in total. The van der Waals surface area contributed by atoms with Crippen molar-refractivity contribution in [3.05, 3.63) is 69.5 Å². The van der Waals surface area contributed by atoms with Crippen LogP contribution >= 0.6 is 22.9 Å². The Balaban J connectivity index is 1.34. The van der Waals surface area contributed by atoms with Gasteiger partial charge in [0.2, 0.25) is 11.7 Å². The molecule has 4 rings (SSSR count). The number of carbonyl (C=O) groups excluding carboxylic acids is 1. The molecule has 4 aromatic rings. The zero-order valence-corrected chi connectivity index (χ0v) is 17.1. The van der Waals surface area contributed by atoms with Gasteiger partial charge in [-0.1, -0.05) is 35.0 Å². The zero-order valence-electron chi connectivity index (χ0n) is 15.5. The van der Waals surface area contributed by atoms with Crippen molar-refractivity contribution >= 4 is 28.9 Å². The SMILES string of the molecule is Cc1nn(-c2ccccc2)c(Cl)c1COC(=O)CCc1nc(-c2ccsc2)no1. The lowest BCUT2D eigenvalue weighted by Crippen LogP contribution is -2.06. The van der Waals surface area contributed by atoms with E-state index in [-0.39, 0.29) is 19.0 Å². The summed E-state index contributed by atoms with van der Waals surface area (Å²) < 4.78 is 12.2. The van der Waals surface area contributed by atoms with Gasteiger partial charge in [0.25, 0.3) is 0 Å². The van der Waals surface area contributed by atoms with Crippen LogP contribution in [0.1, 0.15) is 23.6 Å². The highest BCUT2D eigenvalue weighted by Crippen LogP contribution is 2.24. The van der Waals surface area contributed by atoms with Gasteiger partial charge in [-0.25, -0.2) is 4.68 Å². The number of para-hydroxylation sites is 1. The molecule has 148 valence electrons. The van der Waals surface area contributed by atoms with Crippen LogP contribution in [0.15, 0.2) is 51.7 Å². The van der Waals surface area contributed by atoms with Crippen molar-refractivity contribution < 1.29 is 14.1 Å². The first-order valence-electron chi connectivity index (χ1n) is 8.92. The van der Waals surface area contributed by atoms with Gasteiger partial charge in [0.05, 0.1) is 17.8 Å². The summed E-state index contributed by atoms with van der Waals surface area (Å²) in [6.07, 6.45) is 0.445. The Kier molecular flexibility index (Phi) is 5.73. The van der Waals surface area contributed by atoms with E-state index in [2.05, 4.69) is 15.2 Å². The summed E-state index contributed by atoms with van der Waals surface area (Å²) in [6.45, 7) is 1.89. The Morgan fingerprint density at radius 1 is 1.28 bits per heavy atom. The number of hydrogen-bond acceptors (Lipinski definition) is 7. The first-order chi connectivity index (χ1) is 14.1. The van der Waals surface area contributed by atoms with Crippen LogP contribution in [0.2, 0.25) is 5.15 Å². The maximum atomic E-state index is 12.1. The standard InChI is InChI=1S/C20H17ClN4O3S/c1-13-16(19(21)25(23-13)15-5-3-2-4-6-15)11-27-18(26)8-7-17-22-20(24-28-17)14-9-10-29-12-14/h2-6,9-10,12H,7-8,11H2,1H3. The van der Waals surface area contributed by atoms with Crippen LogP contribution in [0, 0.1) is 6.92 Å². The topological polar surface area (TPSA) is 83.0 Å². The van der Waals surface area contributed by atoms with E-state index < -0.39 is 0 Å². The number of rotatable bonds is 7. The lowest BCUT2D eigenvalue weighted by molar-refractivity contribution is -0.145.